The zero-order valence-corrected chi connectivity index (χ0v) is 9.36. The number of hydrogen-bond donors (Lipinski definition) is 2. The SMILES string of the molecule is O=C(Nc1ncccc1Cl)c1cccc(=O)[nH]1. The lowest BCUT2D eigenvalue weighted by molar-refractivity contribution is 0.102. The first kappa shape index (κ1) is 11.3. The fraction of sp³-hybridized carbons (Fsp3) is 0. The van der Waals surface area contributed by atoms with Crippen LogP contribution in [0.1, 0.15) is 10.5 Å². The lowest BCUT2D eigenvalue weighted by atomic mass is 10.3. The third-order valence-electron chi connectivity index (χ3n) is 2.00. The summed E-state index contributed by atoms with van der Waals surface area (Å²) in [5.41, 5.74) is -0.191. The Morgan fingerprint density at radius 1 is 1.29 bits per heavy atom. The summed E-state index contributed by atoms with van der Waals surface area (Å²) >= 11 is 5.84. The molecule has 1 amide bonds. The van der Waals surface area contributed by atoms with Crippen molar-refractivity contribution in [3.8, 4) is 0 Å². The molecule has 0 aliphatic rings. The summed E-state index contributed by atoms with van der Waals surface area (Å²) in [6, 6.07) is 7.58. The first-order chi connectivity index (χ1) is 8.16. The lowest BCUT2D eigenvalue weighted by Gasteiger charge is -2.05. The van der Waals surface area contributed by atoms with Crippen molar-refractivity contribution in [2.75, 3.05) is 5.32 Å². The van der Waals surface area contributed by atoms with Gasteiger partial charge in [0.2, 0.25) is 5.56 Å². The minimum absolute atomic E-state index is 0.152. The number of nitrogens with one attached hydrogen (secondary N) is 2. The van der Waals surface area contributed by atoms with Crippen molar-refractivity contribution in [2.24, 2.45) is 0 Å². The molecule has 86 valence electrons. The Bertz CT molecular complexity index is 609. The predicted molar refractivity (Wildman–Crippen MR) is 64.3 cm³/mol. The maximum absolute atomic E-state index is 11.7. The maximum Gasteiger partial charge on any atom is 0.273 e. The van der Waals surface area contributed by atoms with Crippen LogP contribution in [0.5, 0.6) is 0 Å². The van der Waals surface area contributed by atoms with E-state index < -0.39 is 5.91 Å². The minimum Gasteiger partial charge on any atom is -0.318 e. The van der Waals surface area contributed by atoms with E-state index in [2.05, 4.69) is 15.3 Å². The number of nitrogens with zero attached hydrogens (tertiary/aromatic N) is 1. The molecule has 2 N–H and O–H groups in total. The molecular formula is C11H8ClN3O2. The highest BCUT2D eigenvalue weighted by Crippen LogP contribution is 2.17. The van der Waals surface area contributed by atoms with Gasteiger partial charge in [0.05, 0.1) is 5.02 Å². The van der Waals surface area contributed by atoms with Crippen molar-refractivity contribution in [3.63, 3.8) is 0 Å². The van der Waals surface area contributed by atoms with Gasteiger partial charge in [-0.3, -0.25) is 9.59 Å². The van der Waals surface area contributed by atoms with Gasteiger partial charge >= 0.3 is 0 Å². The van der Waals surface area contributed by atoms with Crippen LogP contribution in [0.15, 0.2) is 41.3 Å². The van der Waals surface area contributed by atoms with Crippen LogP contribution in [-0.2, 0) is 0 Å². The Balaban J connectivity index is 2.23. The van der Waals surface area contributed by atoms with Gasteiger partial charge in [-0.15, -0.1) is 0 Å². The molecule has 0 bridgehead atoms. The van der Waals surface area contributed by atoms with Crippen molar-refractivity contribution in [2.45, 2.75) is 0 Å². The van der Waals surface area contributed by atoms with E-state index >= 15 is 0 Å². The summed E-state index contributed by atoms with van der Waals surface area (Å²) in [5.74, 6) is -0.216. The molecule has 0 unspecified atom stereocenters. The van der Waals surface area contributed by atoms with E-state index in [4.69, 9.17) is 11.6 Å². The number of H-pyrrole nitrogens is 1. The van der Waals surface area contributed by atoms with Crippen molar-refractivity contribution >= 4 is 23.3 Å². The second kappa shape index (κ2) is 4.80. The molecule has 0 aromatic carbocycles. The second-order valence-corrected chi connectivity index (χ2v) is 3.62. The van der Waals surface area contributed by atoms with E-state index in [0.29, 0.717) is 5.02 Å². The van der Waals surface area contributed by atoms with Crippen LogP contribution >= 0.6 is 11.6 Å². The van der Waals surface area contributed by atoms with Gasteiger partial charge in [-0.1, -0.05) is 17.7 Å². The summed E-state index contributed by atoms with van der Waals surface area (Å²) in [6.07, 6.45) is 1.51. The quantitative estimate of drug-likeness (QED) is 0.850. The molecule has 6 heteroatoms. The van der Waals surface area contributed by atoms with Crippen LogP contribution < -0.4 is 10.9 Å². The molecule has 0 saturated heterocycles. The largest absolute Gasteiger partial charge is 0.318 e. The summed E-state index contributed by atoms with van der Waals surface area (Å²) in [6.45, 7) is 0. The zero-order chi connectivity index (χ0) is 12.3. The Kier molecular flexibility index (Phi) is 3.20. The van der Waals surface area contributed by atoms with Gasteiger partial charge in [0.15, 0.2) is 5.82 Å². The van der Waals surface area contributed by atoms with Crippen molar-refractivity contribution in [1.29, 1.82) is 0 Å². The van der Waals surface area contributed by atoms with Crippen molar-refractivity contribution < 1.29 is 4.79 Å². The molecule has 0 fully saturated rings. The number of aromatic amines is 1. The third kappa shape index (κ3) is 2.70. The van der Waals surface area contributed by atoms with Crippen LogP contribution in [0.3, 0.4) is 0 Å². The standard InChI is InChI=1S/C11H8ClN3O2/c12-7-3-2-6-13-10(7)15-11(17)8-4-1-5-9(16)14-8/h1-6H,(H,14,16)(H,13,15,17). The highest BCUT2D eigenvalue weighted by molar-refractivity contribution is 6.33. The van der Waals surface area contributed by atoms with Crippen LogP contribution in [0, 0.1) is 0 Å². The van der Waals surface area contributed by atoms with E-state index in [1.54, 1.807) is 12.1 Å². The fourth-order valence-corrected chi connectivity index (χ4v) is 1.40. The molecule has 0 atom stereocenters. The molecule has 0 aliphatic carbocycles. The highest BCUT2D eigenvalue weighted by atomic mass is 35.5. The molecule has 0 spiro atoms. The zero-order valence-electron chi connectivity index (χ0n) is 8.61. The van der Waals surface area contributed by atoms with E-state index in [1.165, 1.54) is 24.4 Å². The summed E-state index contributed by atoms with van der Waals surface area (Å²) < 4.78 is 0. The summed E-state index contributed by atoms with van der Waals surface area (Å²) in [5, 5.41) is 2.83. The number of carbonyl (C=O) groups excluding carboxylic acids is 1. The number of anilines is 1. The maximum atomic E-state index is 11.7. The Morgan fingerprint density at radius 3 is 2.82 bits per heavy atom. The van der Waals surface area contributed by atoms with Gasteiger partial charge in [-0.2, -0.15) is 0 Å². The van der Waals surface area contributed by atoms with Crippen LogP contribution in [0.25, 0.3) is 0 Å². The number of pyridine rings is 2. The van der Waals surface area contributed by atoms with Gasteiger partial charge in [0, 0.05) is 12.3 Å². The molecule has 5 nitrogen and oxygen atoms in total. The molecule has 0 aliphatic heterocycles. The third-order valence-corrected chi connectivity index (χ3v) is 2.31. The molecular weight excluding hydrogens is 242 g/mol. The first-order valence-electron chi connectivity index (χ1n) is 4.78. The number of rotatable bonds is 2. The van der Waals surface area contributed by atoms with E-state index in [-0.39, 0.29) is 17.1 Å². The van der Waals surface area contributed by atoms with Gasteiger partial charge in [0.1, 0.15) is 5.69 Å². The second-order valence-electron chi connectivity index (χ2n) is 3.22. The highest BCUT2D eigenvalue weighted by Gasteiger charge is 2.09. The molecule has 0 saturated carbocycles. The van der Waals surface area contributed by atoms with Gasteiger partial charge in [-0.25, -0.2) is 4.98 Å². The monoisotopic (exact) mass is 249 g/mol. The average Bonchev–Trinajstić information content (AvgIpc) is 2.32. The Hall–Kier alpha value is -2.14. The van der Waals surface area contributed by atoms with E-state index in [9.17, 15) is 9.59 Å². The molecule has 17 heavy (non-hydrogen) atoms. The normalized spacial score (nSPS) is 9.94. The van der Waals surface area contributed by atoms with Crippen molar-refractivity contribution in [3.05, 3.63) is 57.6 Å². The lowest BCUT2D eigenvalue weighted by Crippen LogP contribution is -2.18. The van der Waals surface area contributed by atoms with Gasteiger partial charge < -0.3 is 10.3 Å². The fourth-order valence-electron chi connectivity index (χ4n) is 1.23. The summed E-state index contributed by atoms with van der Waals surface area (Å²) in [4.78, 5) is 29.1. The molecule has 2 heterocycles. The first-order valence-corrected chi connectivity index (χ1v) is 5.16. The molecule has 2 aromatic rings. The number of aromatic nitrogens is 2. The molecule has 2 aromatic heterocycles. The number of amides is 1. The van der Waals surface area contributed by atoms with Crippen LogP contribution in [-0.4, -0.2) is 15.9 Å². The number of halogens is 1. The molecule has 2 rings (SSSR count). The van der Waals surface area contributed by atoms with E-state index in [0.717, 1.165) is 0 Å². The van der Waals surface area contributed by atoms with Crippen LogP contribution in [0.4, 0.5) is 5.82 Å². The van der Waals surface area contributed by atoms with Gasteiger partial charge in [-0.05, 0) is 18.2 Å². The minimum atomic E-state index is -0.469. The van der Waals surface area contributed by atoms with E-state index in [1.807, 2.05) is 0 Å². The topological polar surface area (TPSA) is 74.8 Å². The summed E-state index contributed by atoms with van der Waals surface area (Å²) in [7, 11) is 0. The average molecular weight is 250 g/mol. The smallest absolute Gasteiger partial charge is 0.273 e. The predicted octanol–water partition coefficient (Wildman–Crippen LogP) is 1.68. The number of hydrogen-bond acceptors (Lipinski definition) is 3. The van der Waals surface area contributed by atoms with Gasteiger partial charge in [0.25, 0.3) is 5.91 Å². The Labute approximate surface area is 101 Å². The Morgan fingerprint density at radius 2 is 2.12 bits per heavy atom. The molecule has 0 radical (unpaired) electrons. The number of carbonyl (C=O) groups is 1. The van der Waals surface area contributed by atoms with Crippen molar-refractivity contribution in [1.82, 2.24) is 9.97 Å². The van der Waals surface area contributed by atoms with Crippen LogP contribution in [0.2, 0.25) is 5.02 Å².